The van der Waals surface area contributed by atoms with Crippen molar-refractivity contribution in [3.63, 3.8) is 0 Å². The molecule has 0 bridgehead atoms. The second-order valence-corrected chi connectivity index (χ2v) is 5.38. The highest BCUT2D eigenvalue weighted by Gasteiger charge is 2.13. The molecule has 4 nitrogen and oxygen atoms in total. The normalized spacial score (nSPS) is 10.5. The standard InChI is InChI=1S/C17H16ClF2NO3/c1-21(8-9-23-14-6-3-5-13(18)11-14)16(22)12-4-2-7-15(10-12)24-17(19)20/h2-7,10-11,17H,8-9H2,1H3. The first-order valence-corrected chi connectivity index (χ1v) is 7.52. The minimum absolute atomic E-state index is 0.0561. The van der Waals surface area contributed by atoms with Gasteiger partial charge in [0.25, 0.3) is 5.91 Å². The molecule has 0 saturated carbocycles. The van der Waals surface area contributed by atoms with E-state index in [0.717, 1.165) is 0 Å². The van der Waals surface area contributed by atoms with Gasteiger partial charge in [0, 0.05) is 17.6 Å². The third-order valence-electron chi connectivity index (χ3n) is 3.14. The Labute approximate surface area is 143 Å². The van der Waals surface area contributed by atoms with Gasteiger partial charge < -0.3 is 14.4 Å². The van der Waals surface area contributed by atoms with Crippen LogP contribution < -0.4 is 9.47 Å². The van der Waals surface area contributed by atoms with Gasteiger partial charge in [-0.05, 0) is 36.4 Å². The molecule has 0 fully saturated rings. The predicted molar refractivity (Wildman–Crippen MR) is 87.0 cm³/mol. The third kappa shape index (κ3) is 5.38. The van der Waals surface area contributed by atoms with E-state index in [0.29, 0.717) is 17.3 Å². The lowest BCUT2D eigenvalue weighted by Crippen LogP contribution is -2.30. The summed E-state index contributed by atoms with van der Waals surface area (Å²) in [5, 5.41) is 0.563. The van der Waals surface area contributed by atoms with Crippen molar-refractivity contribution in [2.24, 2.45) is 0 Å². The van der Waals surface area contributed by atoms with Gasteiger partial charge in [0.05, 0.1) is 6.54 Å². The van der Waals surface area contributed by atoms with Gasteiger partial charge in [-0.3, -0.25) is 4.79 Å². The van der Waals surface area contributed by atoms with E-state index in [9.17, 15) is 13.6 Å². The average Bonchev–Trinajstić information content (AvgIpc) is 2.53. The minimum Gasteiger partial charge on any atom is -0.492 e. The van der Waals surface area contributed by atoms with Crippen molar-refractivity contribution in [3.05, 3.63) is 59.1 Å². The summed E-state index contributed by atoms with van der Waals surface area (Å²) >= 11 is 5.86. The largest absolute Gasteiger partial charge is 0.492 e. The molecule has 24 heavy (non-hydrogen) atoms. The van der Waals surface area contributed by atoms with E-state index in [2.05, 4.69) is 4.74 Å². The van der Waals surface area contributed by atoms with Gasteiger partial charge in [0.1, 0.15) is 18.1 Å². The molecule has 0 N–H and O–H groups in total. The maximum Gasteiger partial charge on any atom is 0.387 e. The fourth-order valence-corrected chi connectivity index (χ4v) is 2.16. The molecule has 128 valence electrons. The first-order valence-electron chi connectivity index (χ1n) is 7.14. The van der Waals surface area contributed by atoms with Gasteiger partial charge >= 0.3 is 6.61 Å². The van der Waals surface area contributed by atoms with Gasteiger partial charge in [-0.25, -0.2) is 0 Å². The van der Waals surface area contributed by atoms with Crippen molar-refractivity contribution in [3.8, 4) is 11.5 Å². The van der Waals surface area contributed by atoms with E-state index >= 15 is 0 Å². The van der Waals surface area contributed by atoms with Crippen LogP contribution in [0, 0.1) is 0 Å². The Morgan fingerprint density at radius 3 is 2.58 bits per heavy atom. The zero-order valence-electron chi connectivity index (χ0n) is 12.9. The molecular weight excluding hydrogens is 340 g/mol. The van der Waals surface area contributed by atoms with Crippen LogP contribution >= 0.6 is 11.6 Å². The Bertz CT molecular complexity index is 697. The second-order valence-electron chi connectivity index (χ2n) is 4.94. The van der Waals surface area contributed by atoms with Crippen molar-refractivity contribution in [1.82, 2.24) is 4.90 Å². The molecule has 0 aromatic heterocycles. The van der Waals surface area contributed by atoms with Gasteiger partial charge in [-0.15, -0.1) is 0 Å². The number of hydrogen-bond donors (Lipinski definition) is 0. The number of carbonyl (C=O) groups excluding carboxylic acids is 1. The number of amides is 1. The molecule has 0 saturated heterocycles. The molecule has 2 rings (SSSR count). The molecule has 2 aromatic carbocycles. The van der Waals surface area contributed by atoms with Crippen LogP contribution in [0.1, 0.15) is 10.4 Å². The lowest BCUT2D eigenvalue weighted by atomic mass is 10.2. The summed E-state index contributed by atoms with van der Waals surface area (Å²) in [4.78, 5) is 13.7. The number of ether oxygens (including phenoxy) is 2. The van der Waals surface area contributed by atoms with Crippen LogP contribution in [0.4, 0.5) is 8.78 Å². The summed E-state index contributed by atoms with van der Waals surface area (Å²) in [5.41, 5.74) is 0.262. The monoisotopic (exact) mass is 355 g/mol. The van der Waals surface area contributed by atoms with E-state index in [-0.39, 0.29) is 23.8 Å². The number of likely N-dealkylation sites (N-methyl/N-ethyl adjacent to an activating group) is 1. The Kier molecular flexibility index (Phi) is 6.37. The van der Waals surface area contributed by atoms with Crippen LogP contribution in [-0.4, -0.2) is 37.6 Å². The SMILES string of the molecule is CN(CCOc1cccc(Cl)c1)C(=O)c1cccc(OC(F)F)c1. The predicted octanol–water partition coefficient (Wildman–Crippen LogP) is 4.09. The third-order valence-corrected chi connectivity index (χ3v) is 3.38. The summed E-state index contributed by atoms with van der Waals surface area (Å²) < 4.78 is 34.3. The Morgan fingerprint density at radius 2 is 1.88 bits per heavy atom. The quantitative estimate of drug-likeness (QED) is 0.750. The van der Waals surface area contributed by atoms with Crippen molar-refractivity contribution < 1.29 is 23.0 Å². The molecule has 0 aliphatic carbocycles. The second kappa shape index (κ2) is 8.49. The van der Waals surface area contributed by atoms with Crippen LogP contribution in [0.3, 0.4) is 0 Å². The molecule has 1 amide bonds. The van der Waals surface area contributed by atoms with Gasteiger partial charge in [0.15, 0.2) is 0 Å². The molecule has 0 atom stereocenters. The van der Waals surface area contributed by atoms with Crippen molar-refractivity contribution >= 4 is 17.5 Å². The van der Waals surface area contributed by atoms with Gasteiger partial charge in [-0.1, -0.05) is 23.7 Å². The van der Waals surface area contributed by atoms with Gasteiger partial charge in [0.2, 0.25) is 0 Å². The number of nitrogens with zero attached hydrogens (tertiary/aromatic N) is 1. The fourth-order valence-electron chi connectivity index (χ4n) is 1.98. The molecule has 7 heteroatoms. The highest BCUT2D eigenvalue weighted by atomic mass is 35.5. The Hall–Kier alpha value is -2.34. The summed E-state index contributed by atoms with van der Waals surface area (Å²) in [5.74, 6) is 0.236. The van der Waals surface area contributed by atoms with Crippen LogP contribution in [-0.2, 0) is 0 Å². The molecule has 0 spiro atoms. The van der Waals surface area contributed by atoms with E-state index in [1.54, 1.807) is 31.3 Å². The van der Waals surface area contributed by atoms with E-state index in [4.69, 9.17) is 16.3 Å². The van der Waals surface area contributed by atoms with Crippen LogP contribution in [0.5, 0.6) is 11.5 Å². The average molecular weight is 356 g/mol. The lowest BCUT2D eigenvalue weighted by Gasteiger charge is -2.18. The van der Waals surface area contributed by atoms with Crippen molar-refractivity contribution in [2.75, 3.05) is 20.2 Å². The van der Waals surface area contributed by atoms with E-state index in [1.807, 2.05) is 0 Å². The summed E-state index contributed by atoms with van der Waals surface area (Å²) in [6.45, 7) is -2.33. The molecule has 0 aliphatic heterocycles. The molecule has 0 radical (unpaired) electrons. The van der Waals surface area contributed by atoms with Crippen LogP contribution in [0.25, 0.3) is 0 Å². The zero-order valence-corrected chi connectivity index (χ0v) is 13.7. The maximum absolute atomic E-state index is 12.3. The topological polar surface area (TPSA) is 38.8 Å². The number of rotatable bonds is 7. The van der Waals surface area contributed by atoms with Crippen LogP contribution in [0.2, 0.25) is 5.02 Å². The molecule has 0 heterocycles. The number of carbonyl (C=O) groups is 1. The first-order chi connectivity index (χ1) is 11.5. The highest BCUT2D eigenvalue weighted by molar-refractivity contribution is 6.30. The molecule has 0 aliphatic rings. The maximum atomic E-state index is 12.3. The Morgan fingerprint density at radius 1 is 1.17 bits per heavy atom. The molecule has 0 unspecified atom stereocenters. The highest BCUT2D eigenvalue weighted by Crippen LogP contribution is 2.18. The zero-order chi connectivity index (χ0) is 17.5. The van der Waals surface area contributed by atoms with Crippen LogP contribution in [0.15, 0.2) is 48.5 Å². The number of alkyl halides is 2. The first kappa shape index (κ1) is 18.0. The van der Waals surface area contributed by atoms with Crippen molar-refractivity contribution in [1.29, 1.82) is 0 Å². The van der Waals surface area contributed by atoms with E-state index < -0.39 is 6.61 Å². The smallest absolute Gasteiger partial charge is 0.387 e. The number of benzene rings is 2. The van der Waals surface area contributed by atoms with E-state index in [1.165, 1.54) is 29.2 Å². The number of hydrogen-bond acceptors (Lipinski definition) is 3. The minimum atomic E-state index is -2.93. The van der Waals surface area contributed by atoms with Crippen molar-refractivity contribution in [2.45, 2.75) is 6.61 Å². The summed E-state index contributed by atoms with van der Waals surface area (Å²) in [7, 11) is 1.60. The molecular formula is C17H16ClF2NO3. The number of halogens is 3. The summed E-state index contributed by atoms with van der Waals surface area (Å²) in [6, 6.07) is 12.6. The fraction of sp³-hybridized carbons (Fsp3) is 0.235. The Balaban J connectivity index is 1.90. The molecule has 2 aromatic rings. The summed E-state index contributed by atoms with van der Waals surface area (Å²) in [6.07, 6.45) is 0. The lowest BCUT2D eigenvalue weighted by molar-refractivity contribution is -0.0499. The van der Waals surface area contributed by atoms with Gasteiger partial charge in [-0.2, -0.15) is 8.78 Å².